The van der Waals surface area contributed by atoms with Crippen molar-refractivity contribution in [1.82, 2.24) is 9.55 Å². The summed E-state index contributed by atoms with van der Waals surface area (Å²) in [4.78, 5) is 16.1. The van der Waals surface area contributed by atoms with Gasteiger partial charge in [-0.05, 0) is 25.0 Å². The Morgan fingerprint density at radius 1 is 1.45 bits per heavy atom. The molecule has 1 atom stereocenters. The average Bonchev–Trinajstić information content (AvgIpc) is 3.22. The molecule has 0 aliphatic carbocycles. The minimum atomic E-state index is -0.348. The van der Waals surface area contributed by atoms with Crippen LogP contribution in [-0.2, 0) is 16.1 Å². The molecule has 1 aromatic heterocycles. The Bertz CT molecular complexity index is 607. The summed E-state index contributed by atoms with van der Waals surface area (Å²) in [5.74, 6) is 0.553. The largest absolute Gasteiger partial charge is 0.490 e. The Labute approximate surface area is 129 Å². The number of benzene rings is 1. The highest BCUT2D eigenvalue weighted by Gasteiger charge is 2.24. The minimum Gasteiger partial charge on any atom is -0.490 e. The van der Waals surface area contributed by atoms with E-state index in [2.05, 4.69) is 10.3 Å². The van der Waals surface area contributed by atoms with Gasteiger partial charge in [-0.2, -0.15) is 0 Å². The molecule has 0 radical (unpaired) electrons. The van der Waals surface area contributed by atoms with Crippen LogP contribution in [0.1, 0.15) is 12.8 Å². The van der Waals surface area contributed by atoms with E-state index in [0.29, 0.717) is 31.2 Å². The Balaban J connectivity index is 1.58. The van der Waals surface area contributed by atoms with E-state index >= 15 is 0 Å². The molecular weight excluding hydrogens is 282 g/mol. The summed E-state index contributed by atoms with van der Waals surface area (Å²) in [5.41, 5.74) is 0.675. The molecule has 6 nitrogen and oxygen atoms in total. The third kappa shape index (κ3) is 3.65. The lowest BCUT2D eigenvalue weighted by Gasteiger charge is -2.14. The first-order chi connectivity index (χ1) is 10.8. The molecule has 2 aromatic rings. The fourth-order valence-corrected chi connectivity index (χ4v) is 2.37. The van der Waals surface area contributed by atoms with E-state index in [0.717, 1.165) is 12.8 Å². The number of carbonyl (C=O) groups is 1. The van der Waals surface area contributed by atoms with Gasteiger partial charge in [0.15, 0.2) is 0 Å². The predicted octanol–water partition coefficient (Wildman–Crippen LogP) is 2.08. The second-order valence-corrected chi connectivity index (χ2v) is 5.14. The number of amides is 1. The summed E-state index contributed by atoms with van der Waals surface area (Å²) in [6.45, 7) is 1.86. The molecule has 1 aliphatic heterocycles. The lowest BCUT2D eigenvalue weighted by atomic mass is 10.2. The Kier molecular flexibility index (Phi) is 4.70. The third-order valence-corrected chi connectivity index (χ3v) is 3.53. The zero-order valence-corrected chi connectivity index (χ0v) is 12.3. The van der Waals surface area contributed by atoms with Gasteiger partial charge in [-0.3, -0.25) is 4.79 Å². The molecule has 2 heterocycles. The van der Waals surface area contributed by atoms with Crippen molar-refractivity contribution in [1.29, 1.82) is 0 Å². The first-order valence-corrected chi connectivity index (χ1v) is 7.43. The van der Waals surface area contributed by atoms with E-state index in [1.54, 1.807) is 12.5 Å². The van der Waals surface area contributed by atoms with Crippen molar-refractivity contribution < 1.29 is 14.3 Å². The van der Waals surface area contributed by atoms with Crippen LogP contribution in [-0.4, -0.2) is 34.8 Å². The van der Waals surface area contributed by atoms with Gasteiger partial charge in [0, 0.05) is 19.0 Å². The van der Waals surface area contributed by atoms with E-state index < -0.39 is 0 Å². The topological polar surface area (TPSA) is 65.4 Å². The van der Waals surface area contributed by atoms with Gasteiger partial charge in [0.05, 0.1) is 18.6 Å². The molecule has 0 saturated carbocycles. The van der Waals surface area contributed by atoms with Crippen LogP contribution in [0.15, 0.2) is 43.0 Å². The van der Waals surface area contributed by atoms with Crippen molar-refractivity contribution in [3.8, 4) is 5.75 Å². The molecule has 1 aromatic carbocycles. The van der Waals surface area contributed by atoms with E-state index in [9.17, 15) is 4.79 Å². The molecule has 1 N–H and O–H groups in total. The predicted molar refractivity (Wildman–Crippen MR) is 81.8 cm³/mol. The maximum atomic E-state index is 12.1. The Hall–Kier alpha value is -2.34. The molecule has 116 valence electrons. The van der Waals surface area contributed by atoms with Crippen LogP contribution in [0.2, 0.25) is 0 Å². The van der Waals surface area contributed by atoms with Crippen LogP contribution >= 0.6 is 0 Å². The van der Waals surface area contributed by atoms with Crippen LogP contribution in [0.4, 0.5) is 5.69 Å². The number of nitrogens with zero attached hydrogens (tertiary/aromatic N) is 2. The zero-order chi connectivity index (χ0) is 15.2. The number of aromatic nitrogens is 2. The van der Waals surface area contributed by atoms with Gasteiger partial charge in [-0.25, -0.2) is 4.98 Å². The van der Waals surface area contributed by atoms with Crippen molar-refractivity contribution in [3.05, 3.63) is 43.0 Å². The SMILES string of the molecule is O=C(Nc1ccccc1OCCn1ccnc1)[C@@H]1CCCO1. The third-order valence-electron chi connectivity index (χ3n) is 3.53. The second kappa shape index (κ2) is 7.09. The number of nitrogens with one attached hydrogen (secondary N) is 1. The Morgan fingerprint density at radius 2 is 2.36 bits per heavy atom. The summed E-state index contributed by atoms with van der Waals surface area (Å²) in [6, 6.07) is 7.43. The second-order valence-electron chi connectivity index (χ2n) is 5.14. The van der Waals surface area contributed by atoms with Gasteiger partial charge in [-0.15, -0.1) is 0 Å². The van der Waals surface area contributed by atoms with Gasteiger partial charge in [0.1, 0.15) is 18.5 Å². The number of rotatable bonds is 6. The molecular formula is C16H19N3O3. The standard InChI is InChI=1S/C16H19N3O3/c20-16(15-6-3-10-21-15)18-13-4-1-2-5-14(13)22-11-9-19-8-7-17-12-19/h1-2,4-5,7-8,12,15H,3,6,9-11H2,(H,18,20)/t15-/m0/s1. The summed E-state index contributed by atoms with van der Waals surface area (Å²) in [6.07, 6.45) is 6.72. The highest BCUT2D eigenvalue weighted by molar-refractivity contribution is 5.95. The zero-order valence-electron chi connectivity index (χ0n) is 12.3. The first kappa shape index (κ1) is 14.6. The van der Waals surface area contributed by atoms with Gasteiger partial charge < -0.3 is 19.4 Å². The van der Waals surface area contributed by atoms with Gasteiger partial charge in [0.2, 0.25) is 0 Å². The molecule has 1 saturated heterocycles. The van der Waals surface area contributed by atoms with E-state index in [1.807, 2.05) is 35.0 Å². The number of hydrogen-bond acceptors (Lipinski definition) is 4. The molecule has 0 unspecified atom stereocenters. The number of carbonyl (C=O) groups excluding carboxylic acids is 1. The van der Waals surface area contributed by atoms with Crippen LogP contribution < -0.4 is 10.1 Å². The number of para-hydroxylation sites is 2. The fourth-order valence-electron chi connectivity index (χ4n) is 2.37. The lowest BCUT2D eigenvalue weighted by molar-refractivity contribution is -0.124. The van der Waals surface area contributed by atoms with E-state index in [1.165, 1.54) is 0 Å². The molecule has 0 spiro atoms. The first-order valence-electron chi connectivity index (χ1n) is 7.43. The molecule has 6 heteroatoms. The van der Waals surface area contributed by atoms with Crippen LogP contribution in [0, 0.1) is 0 Å². The molecule has 1 amide bonds. The van der Waals surface area contributed by atoms with Gasteiger partial charge in [-0.1, -0.05) is 12.1 Å². The Morgan fingerprint density at radius 3 is 3.14 bits per heavy atom. The van der Waals surface area contributed by atoms with Crippen molar-refractivity contribution in [3.63, 3.8) is 0 Å². The van der Waals surface area contributed by atoms with Crippen molar-refractivity contribution >= 4 is 11.6 Å². The summed E-state index contributed by atoms with van der Waals surface area (Å²) in [7, 11) is 0. The maximum absolute atomic E-state index is 12.1. The van der Waals surface area contributed by atoms with Crippen molar-refractivity contribution in [2.45, 2.75) is 25.5 Å². The quantitative estimate of drug-likeness (QED) is 0.887. The van der Waals surface area contributed by atoms with E-state index in [-0.39, 0.29) is 12.0 Å². The smallest absolute Gasteiger partial charge is 0.253 e. The average molecular weight is 301 g/mol. The summed E-state index contributed by atoms with van der Waals surface area (Å²) >= 11 is 0. The molecule has 22 heavy (non-hydrogen) atoms. The number of anilines is 1. The normalized spacial score (nSPS) is 17.4. The highest BCUT2D eigenvalue weighted by atomic mass is 16.5. The minimum absolute atomic E-state index is 0.108. The molecule has 3 rings (SSSR count). The van der Waals surface area contributed by atoms with Crippen molar-refractivity contribution in [2.24, 2.45) is 0 Å². The monoisotopic (exact) mass is 301 g/mol. The maximum Gasteiger partial charge on any atom is 0.253 e. The van der Waals surface area contributed by atoms with Crippen LogP contribution in [0.25, 0.3) is 0 Å². The van der Waals surface area contributed by atoms with Crippen LogP contribution in [0.3, 0.4) is 0 Å². The van der Waals surface area contributed by atoms with Gasteiger partial charge >= 0.3 is 0 Å². The molecule has 1 aliphatic rings. The molecule has 1 fully saturated rings. The number of imidazole rings is 1. The fraction of sp³-hybridized carbons (Fsp3) is 0.375. The molecule has 0 bridgehead atoms. The van der Waals surface area contributed by atoms with Crippen LogP contribution in [0.5, 0.6) is 5.75 Å². The lowest BCUT2D eigenvalue weighted by Crippen LogP contribution is -2.27. The number of ether oxygens (including phenoxy) is 2. The number of hydrogen-bond donors (Lipinski definition) is 1. The van der Waals surface area contributed by atoms with Crippen molar-refractivity contribution in [2.75, 3.05) is 18.5 Å². The summed E-state index contributed by atoms with van der Waals surface area (Å²) < 4.78 is 13.1. The van der Waals surface area contributed by atoms with Gasteiger partial charge in [0.25, 0.3) is 5.91 Å². The summed E-state index contributed by atoms with van der Waals surface area (Å²) in [5, 5.41) is 2.89. The highest BCUT2D eigenvalue weighted by Crippen LogP contribution is 2.25. The van der Waals surface area contributed by atoms with E-state index in [4.69, 9.17) is 9.47 Å².